The summed E-state index contributed by atoms with van der Waals surface area (Å²) in [6.45, 7) is 2.90. The van der Waals surface area contributed by atoms with Gasteiger partial charge in [-0.25, -0.2) is 9.97 Å². The molecule has 1 heterocycles. The molecule has 0 aliphatic heterocycles. The highest BCUT2D eigenvalue weighted by Crippen LogP contribution is 2.26. The highest BCUT2D eigenvalue weighted by Gasteiger charge is 2.07. The van der Waals surface area contributed by atoms with Crippen LogP contribution in [0.3, 0.4) is 0 Å². The van der Waals surface area contributed by atoms with Gasteiger partial charge in [0.25, 0.3) is 0 Å². The molecule has 1 aromatic heterocycles. The van der Waals surface area contributed by atoms with Crippen LogP contribution in [0.25, 0.3) is 0 Å². The minimum Gasteiger partial charge on any atom is -0.393 e. The molecule has 0 unspecified atom stereocenters. The molecule has 4 N–H and O–H groups in total. The summed E-state index contributed by atoms with van der Waals surface area (Å²) in [7, 11) is 0. The summed E-state index contributed by atoms with van der Waals surface area (Å²) >= 11 is 5.93. The maximum absolute atomic E-state index is 6.03. The zero-order chi connectivity index (χ0) is 13.7. The first-order valence-corrected chi connectivity index (χ1v) is 6.45. The predicted octanol–water partition coefficient (Wildman–Crippen LogP) is 3.28. The highest BCUT2D eigenvalue weighted by molar-refractivity contribution is 6.30. The number of nitrogens with one attached hydrogen (secondary N) is 2. The van der Waals surface area contributed by atoms with Crippen molar-refractivity contribution in [2.75, 3.05) is 22.9 Å². The third-order valence-electron chi connectivity index (χ3n) is 2.51. The molecular formula is C13H16ClN5. The van der Waals surface area contributed by atoms with Gasteiger partial charge in [-0.2, -0.15) is 0 Å². The van der Waals surface area contributed by atoms with Crippen LogP contribution in [0.4, 0.5) is 23.0 Å². The number of aromatic nitrogens is 2. The molecule has 0 aliphatic carbocycles. The molecule has 6 heteroatoms. The maximum Gasteiger partial charge on any atom is 0.159 e. The lowest BCUT2D eigenvalue weighted by atomic mass is 10.3. The molecule has 5 nitrogen and oxygen atoms in total. The standard InChI is InChI=1S/C13H16ClN5/c1-2-6-16-12-11(15)13(18-8-17-12)19-10-5-3-4-9(14)7-10/h3-5,7-8H,2,6,15H2,1H3,(H2,16,17,18,19). The lowest BCUT2D eigenvalue weighted by molar-refractivity contribution is 0.966. The van der Waals surface area contributed by atoms with Gasteiger partial charge in [0.2, 0.25) is 0 Å². The van der Waals surface area contributed by atoms with Gasteiger partial charge in [0.05, 0.1) is 0 Å². The van der Waals surface area contributed by atoms with Gasteiger partial charge in [-0.05, 0) is 24.6 Å². The van der Waals surface area contributed by atoms with Crippen LogP contribution in [0, 0.1) is 0 Å². The number of nitrogen functional groups attached to an aromatic ring is 1. The summed E-state index contributed by atoms with van der Waals surface area (Å²) in [5, 5.41) is 6.94. The zero-order valence-electron chi connectivity index (χ0n) is 10.7. The van der Waals surface area contributed by atoms with E-state index in [0.717, 1.165) is 18.7 Å². The lowest BCUT2D eigenvalue weighted by Gasteiger charge is -2.12. The Hall–Kier alpha value is -2.01. The van der Waals surface area contributed by atoms with E-state index < -0.39 is 0 Å². The van der Waals surface area contributed by atoms with Crippen molar-refractivity contribution in [1.29, 1.82) is 0 Å². The Bertz CT molecular complexity index is 558. The first kappa shape index (κ1) is 13.4. The van der Waals surface area contributed by atoms with Crippen molar-refractivity contribution in [2.24, 2.45) is 0 Å². The number of benzene rings is 1. The zero-order valence-corrected chi connectivity index (χ0v) is 11.4. The molecule has 0 saturated heterocycles. The fraction of sp³-hybridized carbons (Fsp3) is 0.231. The average molecular weight is 278 g/mol. The van der Waals surface area contributed by atoms with E-state index in [2.05, 4.69) is 27.5 Å². The Labute approximate surface area is 117 Å². The third-order valence-corrected chi connectivity index (χ3v) is 2.75. The van der Waals surface area contributed by atoms with E-state index in [0.29, 0.717) is 22.3 Å². The molecular weight excluding hydrogens is 262 g/mol. The van der Waals surface area contributed by atoms with E-state index >= 15 is 0 Å². The molecule has 0 saturated carbocycles. The number of rotatable bonds is 5. The molecule has 1 aromatic carbocycles. The van der Waals surface area contributed by atoms with Gasteiger partial charge >= 0.3 is 0 Å². The summed E-state index contributed by atoms with van der Waals surface area (Å²) in [6.07, 6.45) is 2.47. The van der Waals surface area contributed by atoms with Crippen molar-refractivity contribution < 1.29 is 0 Å². The third kappa shape index (κ3) is 3.48. The Morgan fingerprint density at radius 1 is 1.26 bits per heavy atom. The number of hydrogen-bond donors (Lipinski definition) is 3. The predicted molar refractivity (Wildman–Crippen MR) is 80.0 cm³/mol. The summed E-state index contributed by atoms with van der Waals surface area (Å²) in [6, 6.07) is 7.37. The van der Waals surface area contributed by atoms with Gasteiger partial charge in [0.1, 0.15) is 12.0 Å². The SMILES string of the molecule is CCCNc1ncnc(Nc2cccc(Cl)c2)c1N. The van der Waals surface area contributed by atoms with Crippen LogP contribution >= 0.6 is 11.6 Å². The summed E-state index contributed by atoms with van der Waals surface area (Å²) in [5.41, 5.74) is 7.36. The van der Waals surface area contributed by atoms with E-state index in [9.17, 15) is 0 Å². The second-order valence-electron chi connectivity index (χ2n) is 4.05. The smallest absolute Gasteiger partial charge is 0.159 e. The van der Waals surface area contributed by atoms with Gasteiger partial charge in [-0.15, -0.1) is 0 Å². The Morgan fingerprint density at radius 3 is 2.79 bits per heavy atom. The van der Waals surface area contributed by atoms with E-state index in [4.69, 9.17) is 17.3 Å². The normalized spacial score (nSPS) is 10.2. The largest absolute Gasteiger partial charge is 0.393 e. The van der Waals surface area contributed by atoms with Crippen LogP contribution in [-0.2, 0) is 0 Å². The minimum atomic E-state index is 0.496. The molecule has 2 aromatic rings. The molecule has 0 fully saturated rings. The number of halogens is 1. The van der Waals surface area contributed by atoms with E-state index in [1.54, 1.807) is 0 Å². The van der Waals surface area contributed by atoms with Crippen molar-refractivity contribution in [2.45, 2.75) is 13.3 Å². The number of nitrogens with zero attached hydrogens (tertiary/aromatic N) is 2. The van der Waals surface area contributed by atoms with E-state index in [1.165, 1.54) is 6.33 Å². The van der Waals surface area contributed by atoms with E-state index in [-0.39, 0.29) is 0 Å². The fourth-order valence-electron chi connectivity index (χ4n) is 1.58. The molecule has 0 aliphatic rings. The second kappa shape index (κ2) is 6.24. The summed E-state index contributed by atoms with van der Waals surface area (Å²) in [5.74, 6) is 1.21. The van der Waals surface area contributed by atoms with Crippen LogP contribution in [0.15, 0.2) is 30.6 Å². The van der Waals surface area contributed by atoms with Crippen molar-refractivity contribution in [3.05, 3.63) is 35.6 Å². The summed E-state index contributed by atoms with van der Waals surface area (Å²) in [4.78, 5) is 8.26. The molecule has 19 heavy (non-hydrogen) atoms. The van der Waals surface area contributed by atoms with Crippen LogP contribution in [-0.4, -0.2) is 16.5 Å². The Morgan fingerprint density at radius 2 is 2.05 bits per heavy atom. The lowest BCUT2D eigenvalue weighted by Crippen LogP contribution is -2.08. The molecule has 0 spiro atoms. The molecule has 0 atom stereocenters. The van der Waals surface area contributed by atoms with Crippen molar-refractivity contribution >= 4 is 34.6 Å². The minimum absolute atomic E-state index is 0.496. The van der Waals surface area contributed by atoms with Crippen LogP contribution in [0.1, 0.15) is 13.3 Å². The van der Waals surface area contributed by atoms with Gasteiger partial charge in [0.15, 0.2) is 11.6 Å². The summed E-state index contributed by atoms with van der Waals surface area (Å²) < 4.78 is 0. The number of hydrogen-bond acceptors (Lipinski definition) is 5. The van der Waals surface area contributed by atoms with E-state index in [1.807, 2.05) is 24.3 Å². The van der Waals surface area contributed by atoms with Crippen molar-refractivity contribution in [1.82, 2.24) is 9.97 Å². The second-order valence-corrected chi connectivity index (χ2v) is 4.48. The Kier molecular flexibility index (Phi) is 4.41. The molecule has 0 radical (unpaired) electrons. The van der Waals surface area contributed by atoms with Gasteiger partial charge < -0.3 is 16.4 Å². The maximum atomic E-state index is 6.03. The van der Waals surface area contributed by atoms with Crippen molar-refractivity contribution in [3.8, 4) is 0 Å². The quantitative estimate of drug-likeness (QED) is 0.782. The van der Waals surface area contributed by atoms with Gasteiger partial charge in [-0.3, -0.25) is 0 Å². The van der Waals surface area contributed by atoms with Crippen LogP contribution < -0.4 is 16.4 Å². The van der Waals surface area contributed by atoms with Crippen LogP contribution in [0.2, 0.25) is 5.02 Å². The molecule has 0 amide bonds. The highest BCUT2D eigenvalue weighted by atomic mass is 35.5. The topological polar surface area (TPSA) is 75.9 Å². The number of nitrogens with two attached hydrogens (primary N) is 1. The average Bonchev–Trinajstić information content (AvgIpc) is 2.40. The monoisotopic (exact) mass is 277 g/mol. The molecule has 0 bridgehead atoms. The van der Waals surface area contributed by atoms with Crippen molar-refractivity contribution in [3.63, 3.8) is 0 Å². The number of anilines is 4. The molecule has 100 valence electrons. The van der Waals surface area contributed by atoms with Crippen LogP contribution in [0.5, 0.6) is 0 Å². The van der Waals surface area contributed by atoms with Gasteiger partial charge in [0, 0.05) is 17.3 Å². The fourth-order valence-corrected chi connectivity index (χ4v) is 1.77. The first-order chi connectivity index (χ1) is 9.20. The Balaban J connectivity index is 2.20. The molecule has 2 rings (SSSR count). The van der Waals surface area contributed by atoms with Gasteiger partial charge in [-0.1, -0.05) is 24.6 Å². The first-order valence-electron chi connectivity index (χ1n) is 6.07.